The summed E-state index contributed by atoms with van der Waals surface area (Å²) in [6.07, 6.45) is 4.07. The predicted molar refractivity (Wildman–Crippen MR) is 68.8 cm³/mol. The fraction of sp³-hybridized carbons (Fsp3) is 0.923. The highest BCUT2D eigenvalue weighted by atomic mass is 16.3. The van der Waals surface area contributed by atoms with Crippen LogP contribution >= 0.6 is 0 Å². The van der Waals surface area contributed by atoms with E-state index in [9.17, 15) is 9.90 Å². The number of hydrogen-bond acceptors (Lipinski definition) is 3. The Morgan fingerprint density at radius 3 is 2.47 bits per heavy atom. The number of hydrogen-bond donors (Lipinski definition) is 3. The van der Waals surface area contributed by atoms with Crippen molar-refractivity contribution in [3.63, 3.8) is 0 Å². The molecule has 1 aliphatic rings. The van der Waals surface area contributed by atoms with Crippen LogP contribution in [0.5, 0.6) is 0 Å². The molecule has 4 nitrogen and oxygen atoms in total. The molecule has 4 heteroatoms. The second-order valence-corrected chi connectivity index (χ2v) is 5.08. The van der Waals surface area contributed by atoms with E-state index < -0.39 is 11.1 Å². The van der Waals surface area contributed by atoms with Crippen LogP contribution in [0.15, 0.2) is 0 Å². The van der Waals surface area contributed by atoms with Crippen LogP contribution in [0.2, 0.25) is 0 Å². The minimum atomic E-state index is -0.761. The molecule has 0 aromatic carbocycles. The molecule has 0 radical (unpaired) electrons. The second kappa shape index (κ2) is 5.83. The molecular weight excluding hydrogens is 216 g/mol. The predicted octanol–water partition coefficient (Wildman–Crippen LogP) is 1.19. The van der Waals surface area contributed by atoms with Crippen molar-refractivity contribution in [2.75, 3.05) is 13.1 Å². The molecule has 3 N–H and O–H groups in total. The van der Waals surface area contributed by atoms with Crippen molar-refractivity contribution in [3.05, 3.63) is 0 Å². The van der Waals surface area contributed by atoms with E-state index in [0.29, 0.717) is 19.4 Å². The van der Waals surface area contributed by atoms with Crippen LogP contribution in [0.3, 0.4) is 0 Å². The Balaban J connectivity index is 2.54. The Labute approximate surface area is 104 Å². The van der Waals surface area contributed by atoms with Gasteiger partial charge in [-0.3, -0.25) is 4.79 Å². The van der Waals surface area contributed by atoms with Gasteiger partial charge in [0.15, 0.2) is 0 Å². The summed E-state index contributed by atoms with van der Waals surface area (Å²) in [6.45, 7) is 7.18. The number of carbonyl (C=O) groups is 1. The topological polar surface area (TPSA) is 61.4 Å². The zero-order valence-electron chi connectivity index (χ0n) is 11.3. The lowest BCUT2D eigenvalue weighted by Gasteiger charge is -2.30. The van der Waals surface area contributed by atoms with Gasteiger partial charge in [0.25, 0.3) is 0 Å². The number of amides is 1. The maximum atomic E-state index is 12.2. The Morgan fingerprint density at radius 1 is 1.41 bits per heavy atom. The van der Waals surface area contributed by atoms with E-state index in [4.69, 9.17) is 0 Å². The van der Waals surface area contributed by atoms with Crippen molar-refractivity contribution in [1.82, 2.24) is 10.6 Å². The largest absolute Gasteiger partial charge is 0.388 e. The Kier molecular flexibility index (Phi) is 4.95. The molecule has 1 amide bonds. The first kappa shape index (κ1) is 14.5. The van der Waals surface area contributed by atoms with E-state index in [2.05, 4.69) is 10.6 Å². The zero-order valence-corrected chi connectivity index (χ0v) is 11.3. The van der Waals surface area contributed by atoms with Crippen molar-refractivity contribution < 1.29 is 9.90 Å². The molecule has 0 saturated carbocycles. The molecule has 0 aromatic rings. The summed E-state index contributed by atoms with van der Waals surface area (Å²) < 4.78 is 0. The summed E-state index contributed by atoms with van der Waals surface area (Å²) in [5.41, 5.74) is -1.16. The molecule has 1 fully saturated rings. The van der Waals surface area contributed by atoms with Gasteiger partial charge in [0, 0.05) is 6.54 Å². The minimum absolute atomic E-state index is 0.0397. The molecular formula is C13H26N2O2. The molecule has 1 atom stereocenters. The van der Waals surface area contributed by atoms with Crippen molar-refractivity contribution in [1.29, 1.82) is 0 Å². The number of aliphatic hydroxyl groups is 1. The minimum Gasteiger partial charge on any atom is -0.388 e. The van der Waals surface area contributed by atoms with E-state index in [0.717, 1.165) is 25.8 Å². The van der Waals surface area contributed by atoms with Crippen LogP contribution in [-0.4, -0.2) is 35.2 Å². The van der Waals surface area contributed by atoms with Gasteiger partial charge in [-0.2, -0.15) is 0 Å². The van der Waals surface area contributed by atoms with E-state index in [1.807, 2.05) is 20.8 Å². The molecule has 100 valence electrons. The summed E-state index contributed by atoms with van der Waals surface area (Å²) in [7, 11) is 0. The van der Waals surface area contributed by atoms with Crippen LogP contribution in [0.4, 0.5) is 0 Å². The van der Waals surface area contributed by atoms with Crippen molar-refractivity contribution >= 4 is 5.91 Å². The molecule has 1 rings (SSSR count). The molecule has 1 unspecified atom stereocenters. The smallest absolute Gasteiger partial charge is 0.240 e. The number of carbonyl (C=O) groups excluding carboxylic acids is 1. The summed E-state index contributed by atoms with van der Waals surface area (Å²) in [5.74, 6) is 0.0397. The van der Waals surface area contributed by atoms with Crippen LogP contribution in [0, 0.1) is 0 Å². The lowest BCUT2D eigenvalue weighted by molar-refractivity contribution is -0.128. The van der Waals surface area contributed by atoms with Crippen LogP contribution in [0.1, 0.15) is 52.9 Å². The first-order valence-corrected chi connectivity index (χ1v) is 6.77. The standard InChI is InChI=1S/C13H26N2O2/c1-4-12(17,5-2)10-14-11(16)13(6-3)8-7-9-15-13/h15,17H,4-10H2,1-3H3,(H,14,16). The summed E-state index contributed by atoms with van der Waals surface area (Å²) in [6, 6.07) is 0. The van der Waals surface area contributed by atoms with Gasteiger partial charge in [0.1, 0.15) is 0 Å². The Morgan fingerprint density at radius 2 is 2.06 bits per heavy atom. The molecule has 1 aliphatic heterocycles. The maximum Gasteiger partial charge on any atom is 0.240 e. The third-order valence-electron chi connectivity index (χ3n) is 4.18. The molecule has 0 aliphatic carbocycles. The highest BCUT2D eigenvalue weighted by molar-refractivity contribution is 5.86. The first-order valence-electron chi connectivity index (χ1n) is 6.77. The van der Waals surface area contributed by atoms with Crippen LogP contribution in [0.25, 0.3) is 0 Å². The molecule has 1 saturated heterocycles. The number of rotatable bonds is 6. The van der Waals surface area contributed by atoms with Crippen LogP contribution in [-0.2, 0) is 4.79 Å². The highest BCUT2D eigenvalue weighted by Gasteiger charge is 2.39. The summed E-state index contributed by atoms with van der Waals surface area (Å²) >= 11 is 0. The quantitative estimate of drug-likeness (QED) is 0.655. The van der Waals surface area contributed by atoms with Gasteiger partial charge >= 0.3 is 0 Å². The van der Waals surface area contributed by atoms with Gasteiger partial charge in [-0.15, -0.1) is 0 Å². The van der Waals surface area contributed by atoms with Gasteiger partial charge < -0.3 is 15.7 Å². The summed E-state index contributed by atoms with van der Waals surface area (Å²) in [4.78, 5) is 12.2. The molecule has 0 aromatic heterocycles. The van der Waals surface area contributed by atoms with Gasteiger partial charge in [0.2, 0.25) is 5.91 Å². The van der Waals surface area contributed by atoms with E-state index >= 15 is 0 Å². The van der Waals surface area contributed by atoms with E-state index in [-0.39, 0.29) is 5.91 Å². The average Bonchev–Trinajstić information content (AvgIpc) is 2.85. The van der Waals surface area contributed by atoms with Gasteiger partial charge in [0.05, 0.1) is 11.1 Å². The Bertz CT molecular complexity index is 256. The van der Waals surface area contributed by atoms with E-state index in [1.165, 1.54) is 0 Å². The zero-order chi connectivity index (χ0) is 12.9. The second-order valence-electron chi connectivity index (χ2n) is 5.08. The van der Waals surface area contributed by atoms with Crippen molar-refractivity contribution in [2.45, 2.75) is 64.0 Å². The van der Waals surface area contributed by atoms with E-state index in [1.54, 1.807) is 0 Å². The van der Waals surface area contributed by atoms with Gasteiger partial charge in [-0.05, 0) is 38.6 Å². The van der Waals surface area contributed by atoms with Gasteiger partial charge in [-0.25, -0.2) is 0 Å². The third-order valence-corrected chi connectivity index (χ3v) is 4.18. The number of nitrogens with one attached hydrogen (secondary N) is 2. The SMILES string of the molecule is CCC(O)(CC)CNC(=O)C1(CC)CCCN1. The normalized spacial score (nSPS) is 24.9. The third kappa shape index (κ3) is 3.19. The highest BCUT2D eigenvalue weighted by Crippen LogP contribution is 2.23. The van der Waals surface area contributed by atoms with Crippen molar-refractivity contribution in [2.24, 2.45) is 0 Å². The first-order chi connectivity index (χ1) is 8.02. The van der Waals surface area contributed by atoms with Gasteiger partial charge in [-0.1, -0.05) is 20.8 Å². The summed E-state index contributed by atoms with van der Waals surface area (Å²) in [5, 5.41) is 16.3. The monoisotopic (exact) mass is 242 g/mol. The molecule has 0 bridgehead atoms. The lowest BCUT2D eigenvalue weighted by atomic mass is 9.92. The van der Waals surface area contributed by atoms with Crippen molar-refractivity contribution in [3.8, 4) is 0 Å². The molecule has 0 spiro atoms. The average molecular weight is 242 g/mol. The fourth-order valence-electron chi connectivity index (χ4n) is 2.38. The lowest BCUT2D eigenvalue weighted by Crippen LogP contribution is -2.55. The molecule has 1 heterocycles. The maximum absolute atomic E-state index is 12.2. The fourth-order valence-corrected chi connectivity index (χ4v) is 2.38. The van der Waals surface area contributed by atoms with Crippen LogP contribution < -0.4 is 10.6 Å². The Hall–Kier alpha value is -0.610. The molecule has 17 heavy (non-hydrogen) atoms.